The van der Waals surface area contributed by atoms with Crippen LogP contribution in [0.25, 0.3) is 0 Å². The van der Waals surface area contributed by atoms with E-state index in [1.54, 1.807) is 0 Å². The number of nitrogens with one attached hydrogen (secondary N) is 1. The maximum absolute atomic E-state index is 13.1. The molecule has 8 unspecified atom stereocenters. The predicted molar refractivity (Wildman–Crippen MR) is 237 cm³/mol. The number of carbonyl (C=O) groups is 1. The van der Waals surface area contributed by atoms with Crippen LogP contribution in [0, 0.1) is 0 Å². The number of hydrogen-bond acceptors (Lipinski definition) is 9. The topological polar surface area (TPSA) is 169 Å². The maximum atomic E-state index is 13.1. The van der Waals surface area contributed by atoms with Gasteiger partial charge in [0.1, 0.15) is 30.5 Å². The Morgan fingerprint density at radius 1 is 0.569 bits per heavy atom. The van der Waals surface area contributed by atoms with Gasteiger partial charge in [-0.2, -0.15) is 0 Å². The highest BCUT2D eigenvalue weighted by Gasteiger charge is 2.44. The third-order valence-corrected chi connectivity index (χ3v) is 12.0. The lowest BCUT2D eigenvalue weighted by atomic mass is 9.99. The molecule has 1 fully saturated rings. The number of ether oxygens (including phenoxy) is 2. The Kier molecular flexibility index (Phi) is 36.7. The highest BCUT2D eigenvalue weighted by Crippen LogP contribution is 2.23. The van der Waals surface area contributed by atoms with Gasteiger partial charge in [-0.15, -0.1) is 0 Å². The predicted octanol–water partition coefficient (Wildman–Crippen LogP) is 9.48. The van der Waals surface area contributed by atoms with E-state index in [1.807, 2.05) is 0 Å². The minimum Gasteiger partial charge on any atom is -0.394 e. The van der Waals surface area contributed by atoms with Gasteiger partial charge in [0.05, 0.1) is 25.4 Å². The van der Waals surface area contributed by atoms with E-state index in [9.17, 15) is 35.4 Å². The van der Waals surface area contributed by atoms with E-state index >= 15 is 0 Å². The van der Waals surface area contributed by atoms with Crippen molar-refractivity contribution in [2.75, 3.05) is 13.2 Å². The van der Waals surface area contributed by atoms with Gasteiger partial charge in [-0.05, 0) is 38.5 Å². The second kappa shape index (κ2) is 38.8. The number of aliphatic hydroxyl groups is 6. The van der Waals surface area contributed by atoms with E-state index in [4.69, 9.17) is 9.47 Å². The highest BCUT2D eigenvalue weighted by atomic mass is 16.7. The molecule has 1 aliphatic heterocycles. The molecule has 0 radical (unpaired) electrons. The number of hydrogen-bond donors (Lipinski definition) is 7. The zero-order valence-electron chi connectivity index (χ0n) is 37.4. The van der Waals surface area contributed by atoms with Crippen LogP contribution in [0.2, 0.25) is 0 Å². The molecule has 0 aliphatic carbocycles. The molecule has 0 saturated carbocycles. The summed E-state index contributed by atoms with van der Waals surface area (Å²) in [6.45, 7) is 3.68. The van der Waals surface area contributed by atoms with Gasteiger partial charge >= 0.3 is 0 Å². The van der Waals surface area contributed by atoms with Crippen molar-refractivity contribution >= 4 is 5.91 Å². The molecule has 0 aromatic heterocycles. The molecule has 344 valence electrons. The largest absolute Gasteiger partial charge is 0.394 e. The van der Waals surface area contributed by atoms with E-state index in [0.29, 0.717) is 19.3 Å². The number of unbranched alkanes of at least 4 members (excludes halogenated alkanes) is 28. The van der Waals surface area contributed by atoms with Gasteiger partial charge in [-0.25, -0.2) is 0 Å². The number of rotatable bonds is 41. The smallest absolute Gasteiger partial charge is 0.249 e. The van der Waals surface area contributed by atoms with Crippen LogP contribution in [0.1, 0.15) is 226 Å². The highest BCUT2D eigenvalue weighted by molar-refractivity contribution is 5.80. The summed E-state index contributed by atoms with van der Waals surface area (Å²) in [4.78, 5) is 13.1. The van der Waals surface area contributed by atoms with Crippen LogP contribution >= 0.6 is 0 Å². The van der Waals surface area contributed by atoms with Crippen LogP contribution in [0.3, 0.4) is 0 Å². The molecule has 8 atom stereocenters. The molecule has 1 heterocycles. The van der Waals surface area contributed by atoms with Crippen molar-refractivity contribution in [3.05, 3.63) is 12.2 Å². The summed E-state index contributed by atoms with van der Waals surface area (Å²) >= 11 is 0. The summed E-state index contributed by atoms with van der Waals surface area (Å²) in [5.41, 5.74) is 0. The molecule has 7 N–H and O–H groups in total. The minimum absolute atomic E-state index is 0.256. The van der Waals surface area contributed by atoms with E-state index in [2.05, 4.69) is 31.3 Å². The van der Waals surface area contributed by atoms with Crippen molar-refractivity contribution < 1.29 is 44.9 Å². The molecular weight excluding hydrogens is 735 g/mol. The molecule has 0 aromatic carbocycles. The Labute approximate surface area is 355 Å². The minimum atomic E-state index is -1.60. The fourth-order valence-corrected chi connectivity index (χ4v) is 7.93. The van der Waals surface area contributed by atoms with Crippen LogP contribution in [0.5, 0.6) is 0 Å². The van der Waals surface area contributed by atoms with Crippen molar-refractivity contribution in [2.45, 2.75) is 275 Å². The molecule has 1 amide bonds. The lowest BCUT2D eigenvalue weighted by Gasteiger charge is -2.40. The summed E-state index contributed by atoms with van der Waals surface area (Å²) in [6.07, 6.45) is 34.0. The van der Waals surface area contributed by atoms with Crippen LogP contribution in [0.4, 0.5) is 0 Å². The molecule has 0 bridgehead atoms. The van der Waals surface area contributed by atoms with Crippen molar-refractivity contribution in [1.82, 2.24) is 5.32 Å². The molecule has 10 nitrogen and oxygen atoms in total. The summed E-state index contributed by atoms with van der Waals surface area (Å²) in [6, 6.07) is -0.895. The van der Waals surface area contributed by atoms with Gasteiger partial charge in [0.25, 0.3) is 0 Å². The van der Waals surface area contributed by atoms with E-state index < -0.39 is 61.5 Å². The number of amides is 1. The molecule has 1 saturated heterocycles. The van der Waals surface area contributed by atoms with Crippen LogP contribution < -0.4 is 5.32 Å². The Balaban J connectivity index is 2.37. The van der Waals surface area contributed by atoms with Gasteiger partial charge in [0, 0.05) is 0 Å². The second-order valence-corrected chi connectivity index (χ2v) is 17.4. The zero-order chi connectivity index (χ0) is 42.5. The molecule has 1 aliphatic rings. The molecule has 10 heteroatoms. The Morgan fingerprint density at radius 3 is 1.40 bits per heavy atom. The van der Waals surface area contributed by atoms with Crippen LogP contribution in [0.15, 0.2) is 12.2 Å². The molecular formula is C48H93NO9. The number of aliphatic hydroxyl groups excluding tert-OH is 6. The van der Waals surface area contributed by atoms with Crippen molar-refractivity contribution in [3.8, 4) is 0 Å². The van der Waals surface area contributed by atoms with Gasteiger partial charge in [0.15, 0.2) is 6.29 Å². The first-order valence-electron chi connectivity index (χ1n) is 24.5. The molecule has 0 aromatic rings. The SMILES string of the molecule is CCCCCCCCCCC/C=C\CCCCCCC(O)C(=O)NC(COC1OC(CO)C(O)C(O)C1O)C(O)CCCCCCCCCCCCCCCCCC. The quantitative estimate of drug-likeness (QED) is 0.0235. The molecule has 1 rings (SSSR count). The standard InChI is InChI=1S/C48H93NO9/c1-3-5-7-9-11-13-15-17-19-21-23-25-27-29-31-33-35-37-42(52)47(56)49-40(39-57-48-46(55)45(54)44(53)43(38-50)58-48)41(51)36-34-32-30-28-26-24-22-20-18-16-14-12-10-8-6-4-2/h23,25,40-46,48,50-55H,3-22,24,26-39H2,1-2H3,(H,49,56)/b25-23-. The fourth-order valence-electron chi connectivity index (χ4n) is 7.93. The average molecular weight is 828 g/mol. The summed E-state index contributed by atoms with van der Waals surface area (Å²) in [5, 5.41) is 64.9. The lowest BCUT2D eigenvalue weighted by molar-refractivity contribution is -0.302. The van der Waals surface area contributed by atoms with Gasteiger partial charge in [0.2, 0.25) is 5.91 Å². The van der Waals surface area contributed by atoms with Gasteiger partial charge in [-0.1, -0.05) is 199 Å². The summed E-state index contributed by atoms with van der Waals surface area (Å²) in [7, 11) is 0. The average Bonchev–Trinajstić information content (AvgIpc) is 3.22. The van der Waals surface area contributed by atoms with Crippen molar-refractivity contribution in [2.24, 2.45) is 0 Å². The number of carbonyl (C=O) groups excluding carboxylic acids is 1. The van der Waals surface area contributed by atoms with Gasteiger partial charge < -0.3 is 45.4 Å². The normalized spacial score (nSPS) is 21.4. The third kappa shape index (κ3) is 28.4. The number of allylic oxidation sites excluding steroid dienone is 2. The first-order valence-corrected chi connectivity index (χ1v) is 24.5. The first-order chi connectivity index (χ1) is 28.3. The molecule has 0 spiro atoms. The van der Waals surface area contributed by atoms with Crippen LogP contribution in [-0.2, 0) is 14.3 Å². The fraction of sp³-hybridized carbons (Fsp3) is 0.938. The van der Waals surface area contributed by atoms with Gasteiger partial charge in [-0.3, -0.25) is 4.79 Å². The monoisotopic (exact) mass is 828 g/mol. The van der Waals surface area contributed by atoms with E-state index in [-0.39, 0.29) is 6.61 Å². The maximum Gasteiger partial charge on any atom is 0.249 e. The van der Waals surface area contributed by atoms with E-state index in [0.717, 1.165) is 57.8 Å². The lowest BCUT2D eigenvalue weighted by Crippen LogP contribution is -2.60. The summed E-state index contributed by atoms with van der Waals surface area (Å²) < 4.78 is 11.2. The second-order valence-electron chi connectivity index (χ2n) is 17.4. The van der Waals surface area contributed by atoms with Crippen molar-refractivity contribution in [3.63, 3.8) is 0 Å². The first kappa shape index (κ1) is 54.9. The van der Waals surface area contributed by atoms with E-state index in [1.165, 1.54) is 135 Å². The summed E-state index contributed by atoms with van der Waals surface area (Å²) in [5.74, 6) is -0.590. The van der Waals surface area contributed by atoms with Crippen LogP contribution in [-0.4, -0.2) is 98.7 Å². The van der Waals surface area contributed by atoms with Crippen molar-refractivity contribution in [1.29, 1.82) is 0 Å². The molecule has 58 heavy (non-hydrogen) atoms. The Hall–Kier alpha value is -1.11. The zero-order valence-corrected chi connectivity index (χ0v) is 37.4. The third-order valence-electron chi connectivity index (χ3n) is 12.0. The Morgan fingerprint density at radius 2 is 0.966 bits per heavy atom. The Bertz CT molecular complexity index is 937.